The van der Waals surface area contributed by atoms with Gasteiger partial charge in [0, 0.05) is 0 Å². The number of fused-ring (bicyclic) bond motifs is 1. The summed E-state index contributed by atoms with van der Waals surface area (Å²) in [6.45, 7) is 3.71. The topological polar surface area (TPSA) is 20.2 Å². The second-order valence-electron chi connectivity index (χ2n) is 4.04. The van der Waals surface area contributed by atoms with Crippen LogP contribution in [0.5, 0.6) is 0 Å². The summed E-state index contributed by atoms with van der Waals surface area (Å²) < 4.78 is 0. The number of hydrogen-bond donors (Lipinski definition) is 1. The van der Waals surface area contributed by atoms with Crippen LogP contribution in [0, 0.1) is 0 Å². The first-order chi connectivity index (χ1) is 6.76. The van der Waals surface area contributed by atoms with Gasteiger partial charge >= 0.3 is 0 Å². The molecule has 1 atom stereocenters. The zero-order chi connectivity index (χ0) is 10.0. The highest BCUT2D eigenvalue weighted by molar-refractivity contribution is 5.35. The highest BCUT2D eigenvalue weighted by Gasteiger charge is 2.32. The molecular weight excluding hydrogens is 172 g/mol. The Bertz CT molecular complexity index is 343. The van der Waals surface area contributed by atoms with Gasteiger partial charge in [-0.15, -0.1) is 6.58 Å². The van der Waals surface area contributed by atoms with Gasteiger partial charge in [-0.05, 0) is 36.8 Å². The minimum absolute atomic E-state index is 0.656. The third-order valence-corrected chi connectivity index (χ3v) is 3.04. The third-order valence-electron chi connectivity index (χ3n) is 3.04. The predicted octanol–water partition coefficient (Wildman–Crippen LogP) is 2.79. The van der Waals surface area contributed by atoms with Gasteiger partial charge in [-0.25, -0.2) is 0 Å². The molecule has 74 valence electrons. The van der Waals surface area contributed by atoms with Crippen LogP contribution in [-0.2, 0) is 12.0 Å². The molecule has 1 aromatic rings. The Kier molecular flexibility index (Phi) is 2.42. The van der Waals surface area contributed by atoms with Gasteiger partial charge in [0.2, 0.25) is 0 Å². The first kappa shape index (κ1) is 9.47. The van der Waals surface area contributed by atoms with E-state index in [1.54, 1.807) is 0 Å². The van der Waals surface area contributed by atoms with Gasteiger partial charge < -0.3 is 5.11 Å². The van der Waals surface area contributed by atoms with Gasteiger partial charge in [-0.2, -0.15) is 0 Å². The summed E-state index contributed by atoms with van der Waals surface area (Å²) >= 11 is 0. The number of aryl methyl sites for hydroxylation is 1. The minimum Gasteiger partial charge on any atom is -0.385 e. The van der Waals surface area contributed by atoms with E-state index in [-0.39, 0.29) is 0 Å². The minimum atomic E-state index is -0.656. The Hall–Kier alpha value is -1.08. The van der Waals surface area contributed by atoms with E-state index in [2.05, 4.69) is 12.6 Å². The molecule has 1 N–H and O–H groups in total. The molecule has 2 rings (SSSR count). The quantitative estimate of drug-likeness (QED) is 0.707. The zero-order valence-electron chi connectivity index (χ0n) is 8.37. The Morgan fingerprint density at radius 3 is 3.00 bits per heavy atom. The normalized spacial score (nSPS) is 25.5. The first-order valence-corrected chi connectivity index (χ1v) is 5.18. The lowest BCUT2D eigenvalue weighted by Crippen LogP contribution is -2.29. The fourth-order valence-electron chi connectivity index (χ4n) is 2.35. The zero-order valence-corrected chi connectivity index (χ0v) is 8.37. The summed E-state index contributed by atoms with van der Waals surface area (Å²) in [5.74, 6) is 0. The van der Waals surface area contributed by atoms with Crippen LogP contribution < -0.4 is 0 Å². The molecule has 0 aliphatic heterocycles. The van der Waals surface area contributed by atoms with Gasteiger partial charge in [-0.3, -0.25) is 0 Å². The average molecular weight is 188 g/mol. The molecule has 0 radical (unpaired) electrons. The van der Waals surface area contributed by atoms with Crippen molar-refractivity contribution in [1.82, 2.24) is 0 Å². The van der Waals surface area contributed by atoms with E-state index in [9.17, 15) is 5.11 Å². The summed E-state index contributed by atoms with van der Waals surface area (Å²) in [4.78, 5) is 0. The maximum Gasteiger partial charge on any atom is 0.0933 e. The second-order valence-corrected chi connectivity index (χ2v) is 4.04. The van der Waals surface area contributed by atoms with Crippen LogP contribution in [0.25, 0.3) is 0 Å². The highest BCUT2D eigenvalue weighted by Crippen LogP contribution is 2.37. The van der Waals surface area contributed by atoms with Crippen molar-refractivity contribution in [3.8, 4) is 0 Å². The van der Waals surface area contributed by atoms with Crippen molar-refractivity contribution in [3.05, 3.63) is 48.0 Å². The summed E-state index contributed by atoms with van der Waals surface area (Å²) in [7, 11) is 0. The molecule has 0 fully saturated rings. The molecule has 0 unspecified atom stereocenters. The Balaban J connectivity index is 2.44. The van der Waals surface area contributed by atoms with Gasteiger partial charge in [0.25, 0.3) is 0 Å². The number of hydrogen-bond acceptors (Lipinski definition) is 1. The summed E-state index contributed by atoms with van der Waals surface area (Å²) in [5.41, 5.74) is 1.74. The van der Waals surface area contributed by atoms with Crippen molar-refractivity contribution in [2.75, 3.05) is 0 Å². The van der Waals surface area contributed by atoms with Crippen LogP contribution in [-0.4, -0.2) is 5.11 Å². The van der Waals surface area contributed by atoms with Crippen LogP contribution in [0.15, 0.2) is 36.9 Å². The SMILES string of the molecule is C=CC[C@@]1(O)CCCc2ccccc21. The molecule has 1 aromatic carbocycles. The lowest BCUT2D eigenvalue weighted by molar-refractivity contribution is 0.0218. The molecule has 0 saturated carbocycles. The van der Waals surface area contributed by atoms with E-state index in [0.717, 1.165) is 24.8 Å². The lowest BCUT2D eigenvalue weighted by atomic mass is 9.77. The monoisotopic (exact) mass is 188 g/mol. The molecule has 0 spiro atoms. The van der Waals surface area contributed by atoms with E-state index in [1.165, 1.54) is 5.56 Å². The molecule has 1 aliphatic rings. The smallest absolute Gasteiger partial charge is 0.0933 e. The molecule has 14 heavy (non-hydrogen) atoms. The molecular formula is C13H16O. The Morgan fingerprint density at radius 1 is 1.43 bits per heavy atom. The Morgan fingerprint density at radius 2 is 2.21 bits per heavy atom. The van der Waals surface area contributed by atoms with Crippen molar-refractivity contribution in [2.24, 2.45) is 0 Å². The van der Waals surface area contributed by atoms with Gasteiger partial charge in [-0.1, -0.05) is 30.3 Å². The van der Waals surface area contributed by atoms with Crippen molar-refractivity contribution in [2.45, 2.75) is 31.3 Å². The van der Waals surface area contributed by atoms with E-state index < -0.39 is 5.60 Å². The maximum atomic E-state index is 10.5. The number of aliphatic hydroxyl groups is 1. The standard InChI is InChI=1S/C13H16O/c1-2-9-13(14)10-5-7-11-6-3-4-8-12(11)13/h2-4,6,8,14H,1,5,7,9-10H2/t13-/m1/s1. The number of rotatable bonds is 2. The van der Waals surface area contributed by atoms with Crippen LogP contribution in [0.4, 0.5) is 0 Å². The number of benzene rings is 1. The van der Waals surface area contributed by atoms with Gasteiger partial charge in [0.15, 0.2) is 0 Å². The molecule has 0 heterocycles. The van der Waals surface area contributed by atoms with Crippen LogP contribution >= 0.6 is 0 Å². The average Bonchev–Trinajstić information content (AvgIpc) is 2.19. The molecule has 0 bridgehead atoms. The van der Waals surface area contributed by atoms with Gasteiger partial charge in [0.1, 0.15) is 0 Å². The van der Waals surface area contributed by atoms with Gasteiger partial charge in [0.05, 0.1) is 5.60 Å². The summed E-state index contributed by atoms with van der Waals surface area (Å²) in [5, 5.41) is 10.5. The molecule has 0 saturated heterocycles. The molecule has 0 amide bonds. The molecule has 1 nitrogen and oxygen atoms in total. The van der Waals surface area contributed by atoms with Crippen molar-refractivity contribution < 1.29 is 5.11 Å². The predicted molar refractivity (Wildman–Crippen MR) is 58.1 cm³/mol. The van der Waals surface area contributed by atoms with Crippen molar-refractivity contribution in [3.63, 3.8) is 0 Å². The van der Waals surface area contributed by atoms with Crippen LogP contribution in [0.1, 0.15) is 30.4 Å². The lowest BCUT2D eigenvalue weighted by Gasteiger charge is -2.33. The van der Waals surface area contributed by atoms with E-state index in [4.69, 9.17) is 0 Å². The van der Waals surface area contributed by atoms with Crippen LogP contribution in [0.3, 0.4) is 0 Å². The van der Waals surface area contributed by atoms with Crippen molar-refractivity contribution in [1.29, 1.82) is 0 Å². The second kappa shape index (κ2) is 3.58. The van der Waals surface area contributed by atoms with E-state index in [0.29, 0.717) is 6.42 Å². The fourth-order valence-corrected chi connectivity index (χ4v) is 2.35. The maximum absolute atomic E-state index is 10.5. The largest absolute Gasteiger partial charge is 0.385 e. The molecule has 1 aliphatic carbocycles. The summed E-state index contributed by atoms with van der Waals surface area (Å²) in [6.07, 6.45) is 5.49. The summed E-state index contributed by atoms with van der Waals surface area (Å²) in [6, 6.07) is 8.19. The fraction of sp³-hybridized carbons (Fsp3) is 0.385. The molecule has 1 heteroatoms. The van der Waals surface area contributed by atoms with E-state index in [1.807, 2.05) is 24.3 Å². The van der Waals surface area contributed by atoms with E-state index >= 15 is 0 Å². The highest BCUT2D eigenvalue weighted by atomic mass is 16.3. The Labute approximate surface area is 85.1 Å². The first-order valence-electron chi connectivity index (χ1n) is 5.18. The van der Waals surface area contributed by atoms with Crippen molar-refractivity contribution >= 4 is 0 Å². The molecule has 0 aromatic heterocycles. The van der Waals surface area contributed by atoms with Crippen LogP contribution in [0.2, 0.25) is 0 Å². The third kappa shape index (κ3) is 1.48.